The second-order valence-electron chi connectivity index (χ2n) is 4.49. The first kappa shape index (κ1) is 12.2. The van der Waals surface area contributed by atoms with Gasteiger partial charge in [0.15, 0.2) is 0 Å². The fraction of sp³-hybridized carbons (Fsp3) is 0.818. The van der Waals surface area contributed by atoms with Crippen LogP contribution in [0.1, 0.15) is 27.7 Å². The van der Waals surface area contributed by atoms with Gasteiger partial charge in [0.05, 0.1) is 0 Å². The minimum atomic E-state index is -0.361. The molecule has 1 amide bonds. The van der Waals surface area contributed by atoms with Gasteiger partial charge < -0.3 is 4.90 Å². The minimum Gasteiger partial charge on any atom is -0.333 e. The van der Waals surface area contributed by atoms with Gasteiger partial charge in [0.2, 0.25) is 5.78 Å². The molecule has 0 saturated carbocycles. The standard InChI is InChI=1S/C11H20N2O2/c1-8(2)13-6-5-12(7-9(13)3)11(15)10(4)14/h8-9H,5-7H2,1-4H3. The number of piperazine rings is 1. The van der Waals surface area contributed by atoms with E-state index in [9.17, 15) is 9.59 Å². The molecule has 1 aliphatic heterocycles. The lowest BCUT2D eigenvalue weighted by Crippen LogP contribution is -2.56. The Morgan fingerprint density at radius 2 is 1.87 bits per heavy atom. The number of hydrogen-bond acceptors (Lipinski definition) is 3. The molecule has 0 spiro atoms. The fourth-order valence-corrected chi connectivity index (χ4v) is 2.15. The van der Waals surface area contributed by atoms with Crippen LogP contribution in [0.2, 0.25) is 0 Å². The van der Waals surface area contributed by atoms with E-state index in [2.05, 4.69) is 25.7 Å². The van der Waals surface area contributed by atoms with Crippen LogP contribution in [0.25, 0.3) is 0 Å². The highest BCUT2D eigenvalue weighted by molar-refractivity contribution is 6.35. The molecule has 15 heavy (non-hydrogen) atoms. The molecular formula is C11H20N2O2. The molecule has 4 heteroatoms. The van der Waals surface area contributed by atoms with Crippen molar-refractivity contribution in [1.82, 2.24) is 9.80 Å². The quantitative estimate of drug-likeness (QED) is 0.626. The summed E-state index contributed by atoms with van der Waals surface area (Å²) < 4.78 is 0. The van der Waals surface area contributed by atoms with Crippen molar-refractivity contribution in [3.05, 3.63) is 0 Å². The zero-order valence-electron chi connectivity index (χ0n) is 9.99. The van der Waals surface area contributed by atoms with E-state index in [1.54, 1.807) is 4.90 Å². The van der Waals surface area contributed by atoms with Gasteiger partial charge in [-0.15, -0.1) is 0 Å². The van der Waals surface area contributed by atoms with E-state index >= 15 is 0 Å². The molecule has 1 heterocycles. The molecule has 1 rings (SSSR count). The second kappa shape index (κ2) is 4.75. The average molecular weight is 212 g/mol. The van der Waals surface area contributed by atoms with Gasteiger partial charge in [0.1, 0.15) is 0 Å². The van der Waals surface area contributed by atoms with Gasteiger partial charge in [-0.05, 0) is 20.8 Å². The van der Waals surface area contributed by atoms with Crippen molar-refractivity contribution in [3.63, 3.8) is 0 Å². The van der Waals surface area contributed by atoms with E-state index in [0.29, 0.717) is 25.2 Å². The van der Waals surface area contributed by atoms with Gasteiger partial charge >= 0.3 is 0 Å². The van der Waals surface area contributed by atoms with Crippen molar-refractivity contribution < 1.29 is 9.59 Å². The number of carbonyl (C=O) groups excluding carboxylic acids is 2. The summed E-state index contributed by atoms with van der Waals surface area (Å²) in [4.78, 5) is 26.4. The van der Waals surface area contributed by atoms with Crippen LogP contribution in [0.5, 0.6) is 0 Å². The Labute approximate surface area is 91.2 Å². The van der Waals surface area contributed by atoms with Crippen molar-refractivity contribution in [2.45, 2.75) is 39.8 Å². The molecule has 0 N–H and O–H groups in total. The Morgan fingerprint density at radius 3 is 2.27 bits per heavy atom. The summed E-state index contributed by atoms with van der Waals surface area (Å²) >= 11 is 0. The third kappa shape index (κ3) is 2.78. The number of Topliss-reactive ketones (excluding diaryl/α,β-unsaturated/α-hetero) is 1. The van der Waals surface area contributed by atoms with Crippen LogP contribution in [-0.4, -0.2) is 53.2 Å². The summed E-state index contributed by atoms with van der Waals surface area (Å²) in [5.74, 6) is -0.703. The van der Waals surface area contributed by atoms with Crippen LogP contribution >= 0.6 is 0 Å². The van der Waals surface area contributed by atoms with Crippen molar-refractivity contribution in [2.24, 2.45) is 0 Å². The minimum absolute atomic E-state index is 0.335. The Balaban J connectivity index is 2.58. The predicted molar refractivity (Wildman–Crippen MR) is 58.6 cm³/mol. The van der Waals surface area contributed by atoms with Crippen LogP contribution in [0.3, 0.4) is 0 Å². The normalized spacial score (nSPS) is 23.3. The second-order valence-corrected chi connectivity index (χ2v) is 4.49. The zero-order valence-corrected chi connectivity index (χ0v) is 9.99. The van der Waals surface area contributed by atoms with Gasteiger partial charge in [-0.1, -0.05) is 0 Å². The number of ketones is 1. The maximum Gasteiger partial charge on any atom is 0.289 e. The summed E-state index contributed by atoms with van der Waals surface area (Å²) in [5, 5.41) is 0. The predicted octanol–water partition coefficient (Wildman–Crippen LogP) is 0.516. The van der Waals surface area contributed by atoms with E-state index in [0.717, 1.165) is 6.54 Å². The molecule has 1 saturated heterocycles. The van der Waals surface area contributed by atoms with E-state index < -0.39 is 0 Å². The summed E-state index contributed by atoms with van der Waals surface area (Å²) in [7, 11) is 0. The van der Waals surface area contributed by atoms with Crippen LogP contribution in [-0.2, 0) is 9.59 Å². The lowest BCUT2D eigenvalue weighted by Gasteiger charge is -2.41. The zero-order chi connectivity index (χ0) is 11.6. The number of nitrogens with zero attached hydrogens (tertiary/aromatic N) is 2. The SMILES string of the molecule is CC(=O)C(=O)N1CCN(C(C)C)C(C)C1. The molecule has 1 fully saturated rings. The lowest BCUT2D eigenvalue weighted by atomic mass is 10.1. The topological polar surface area (TPSA) is 40.6 Å². The lowest BCUT2D eigenvalue weighted by molar-refractivity contribution is -0.145. The Kier molecular flexibility index (Phi) is 3.85. The van der Waals surface area contributed by atoms with E-state index in [1.165, 1.54) is 6.92 Å². The first-order valence-corrected chi connectivity index (χ1v) is 5.49. The number of amides is 1. The van der Waals surface area contributed by atoms with Gasteiger partial charge in [0, 0.05) is 38.6 Å². The third-order valence-corrected chi connectivity index (χ3v) is 2.93. The fourth-order valence-electron chi connectivity index (χ4n) is 2.15. The first-order valence-electron chi connectivity index (χ1n) is 5.49. The Bertz CT molecular complexity index is 263. The van der Waals surface area contributed by atoms with Crippen LogP contribution in [0.15, 0.2) is 0 Å². The summed E-state index contributed by atoms with van der Waals surface area (Å²) in [6.07, 6.45) is 0. The van der Waals surface area contributed by atoms with E-state index in [1.807, 2.05) is 0 Å². The molecule has 0 bridgehead atoms. The molecule has 0 aromatic carbocycles. The molecule has 86 valence electrons. The van der Waals surface area contributed by atoms with Crippen molar-refractivity contribution in [3.8, 4) is 0 Å². The van der Waals surface area contributed by atoms with Crippen molar-refractivity contribution in [2.75, 3.05) is 19.6 Å². The molecule has 1 atom stereocenters. The van der Waals surface area contributed by atoms with Gasteiger partial charge in [0.25, 0.3) is 5.91 Å². The number of rotatable bonds is 2. The molecule has 0 aromatic rings. The molecule has 4 nitrogen and oxygen atoms in total. The summed E-state index contributed by atoms with van der Waals surface area (Å²) in [6, 6.07) is 0.830. The van der Waals surface area contributed by atoms with E-state index in [4.69, 9.17) is 0 Å². The van der Waals surface area contributed by atoms with Gasteiger partial charge in [-0.2, -0.15) is 0 Å². The Morgan fingerprint density at radius 1 is 1.27 bits per heavy atom. The highest BCUT2D eigenvalue weighted by atomic mass is 16.2. The maximum absolute atomic E-state index is 11.5. The highest BCUT2D eigenvalue weighted by Gasteiger charge is 2.29. The van der Waals surface area contributed by atoms with Crippen LogP contribution in [0.4, 0.5) is 0 Å². The molecule has 0 aliphatic carbocycles. The van der Waals surface area contributed by atoms with Crippen LogP contribution in [0, 0.1) is 0 Å². The van der Waals surface area contributed by atoms with Gasteiger partial charge in [-0.25, -0.2) is 0 Å². The molecule has 1 aliphatic rings. The third-order valence-electron chi connectivity index (χ3n) is 2.93. The molecular weight excluding hydrogens is 192 g/mol. The number of hydrogen-bond donors (Lipinski definition) is 0. The molecule has 0 radical (unpaired) electrons. The van der Waals surface area contributed by atoms with Crippen molar-refractivity contribution in [1.29, 1.82) is 0 Å². The monoisotopic (exact) mass is 212 g/mol. The van der Waals surface area contributed by atoms with Crippen LogP contribution < -0.4 is 0 Å². The maximum atomic E-state index is 11.5. The largest absolute Gasteiger partial charge is 0.333 e. The highest BCUT2D eigenvalue weighted by Crippen LogP contribution is 2.12. The molecule has 1 unspecified atom stereocenters. The molecule has 0 aromatic heterocycles. The van der Waals surface area contributed by atoms with Crippen molar-refractivity contribution >= 4 is 11.7 Å². The Hall–Kier alpha value is -0.900. The summed E-state index contributed by atoms with van der Waals surface area (Å²) in [6.45, 7) is 9.93. The van der Waals surface area contributed by atoms with Gasteiger partial charge in [-0.3, -0.25) is 14.5 Å². The van der Waals surface area contributed by atoms with E-state index in [-0.39, 0.29) is 11.7 Å². The average Bonchev–Trinajstić information content (AvgIpc) is 2.15. The smallest absolute Gasteiger partial charge is 0.289 e. The summed E-state index contributed by atoms with van der Waals surface area (Å²) in [5.41, 5.74) is 0. The number of carbonyl (C=O) groups is 2. The first-order chi connectivity index (χ1) is 6.93.